The highest BCUT2D eigenvalue weighted by Crippen LogP contribution is 2.34. The highest BCUT2D eigenvalue weighted by atomic mass is 35.5. The first-order chi connectivity index (χ1) is 12.6. The predicted molar refractivity (Wildman–Crippen MR) is 97.5 cm³/mol. The number of hydrogen-bond donors (Lipinski definition) is 0. The van der Waals surface area contributed by atoms with E-state index < -0.39 is 5.97 Å². The van der Waals surface area contributed by atoms with Crippen LogP contribution in [-0.2, 0) is 35.5 Å². The summed E-state index contributed by atoms with van der Waals surface area (Å²) in [5, 5.41) is 0.431. The Morgan fingerprint density at radius 2 is 2.12 bits per heavy atom. The van der Waals surface area contributed by atoms with Crippen molar-refractivity contribution in [1.82, 2.24) is 9.55 Å². The van der Waals surface area contributed by atoms with Gasteiger partial charge in [0.1, 0.15) is 18.0 Å². The van der Waals surface area contributed by atoms with E-state index in [0.29, 0.717) is 28.6 Å². The molecule has 0 saturated carbocycles. The molecule has 0 bridgehead atoms. The van der Waals surface area contributed by atoms with Gasteiger partial charge in [0.2, 0.25) is 0 Å². The van der Waals surface area contributed by atoms with Crippen molar-refractivity contribution >= 4 is 29.2 Å². The van der Waals surface area contributed by atoms with Gasteiger partial charge in [0, 0.05) is 31.9 Å². The minimum absolute atomic E-state index is 0.00742. The minimum Gasteiger partial charge on any atom is -0.459 e. The molecular weight excluding hydrogens is 354 g/mol. The molecule has 1 aliphatic carbocycles. The average molecular weight is 374 g/mol. The Bertz CT molecular complexity index is 890. The Morgan fingerprint density at radius 1 is 1.31 bits per heavy atom. The molecular formula is C19H20ClN3O3. The third kappa shape index (κ3) is 2.88. The first kappa shape index (κ1) is 17.1. The first-order valence-corrected chi connectivity index (χ1v) is 9.24. The molecule has 0 N–H and O–H groups in total. The van der Waals surface area contributed by atoms with E-state index in [4.69, 9.17) is 16.3 Å². The number of pyridine rings is 1. The maximum Gasteiger partial charge on any atom is 0.303 e. The molecule has 2 aliphatic rings. The molecule has 3 heterocycles. The monoisotopic (exact) mass is 373 g/mol. The Hall–Kier alpha value is -2.34. The average Bonchev–Trinajstić information content (AvgIpc) is 3.01. The summed E-state index contributed by atoms with van der Waals surface area (Å²) in [5.41, 5.74) is 4.33. The number of halogens is 1. The molecule has 7 heteroatoms. The third-order valence-electron chi connectivity index (χ3n) is 5.05. The van der Waals surface area contributed by atoms with Crippen molar-refractivity contribution in [3.8, 4) is 0 Å². The quantitative estimate of drug-likeness (QED) is 0.775. The molecule has 26 heavy (non-hydrogen) atoms. The number of amides is 1. The van der Waals surface area contributed by atoms with Crippen LogP contribution in [0.15, 0.2) is 18.3 Å². The van der Waals surface area contributed by atoms with Crippen molar-refractivity contribution in [1.29, 1.82) is 0 Å². The zero-order chi connectivity index (χ0) is 18.3. The van der Waals surface area contributed by atoms with Crippen molar-refractivity contribution in [3.63, 3.8) is 0 Å². The van der Waals surface area contributed by atoms with Gasteiger partial charge in [0.25, 0.3) is 5.91 Å². The summed E-state index contributed by atoms with van der Waals surface area (Å²) in [5.74, 6) is -0.478. The lowest BCUT2D eigenvalue weighted by Gasteiger charge is -2.31. The summed E-state index contributed by atoms with van der Waals surface area (Å²) in [6, 6.07) is 3.68. The zero-order valence-corrected chi connectivity index (χ0v) is 15.4. The van der Waals surface area contributed by atoms with E-state index in [1.165, 1.54) is 31.0 Å². The number of fused-ring (bicyclic) bond motifs is 3. The van der Waals surface area contributed by atoms with E-state index >= 15 is 0 Å². The van der Waals surface area contributed by atoms with Crippen LogP contribution in [-0.4, -0.2) is 28.0 Å². The highest BCUT2D eigenvalue weighted by Gasteiger charge is 2.32. The largest absolute Gasteiger partial charge is 0.459 e. The number of carbonyl (C=O) groups is 2. The molecule has 2 aromatic heterocycles. The fourth-order valence-corrected chi connectivity index (χ4v) is 4.15. The van der Waals surface area contributed by atoms with Crippen LogP contribution in [0.1, 0.15) is 47.2 Å². The molecule has 2 aromatic rings. The van der Waals surface area contributed by atoms with Gasteiger partial charge < -0.3 is 14.2 Å². The SMILES string of the molecule is CC(=O)OCc1nccc(Cl)c1N1CCn2c(cc3c2CCCC3)C1=O. The molecule has 1 aliphatic heterocycles. The molecule has 0 unspecified atom stereocenters. The summed E-state index contributed by atoms with van der Waals surface area (Å²) >= 11 is 6.39. The van der Waals surface area contributed by atoms with E-state index in [1.54, 1.807) is 17.2 Å². The van der Waals surface area contributed by atoms with Gasteiger partial charge in [-0.15, -0.1) is 0 Å². The Labute approximate surface area is 156 Å². The summed E-state index contributed by atoms with van der Waals surface area (Å²) in [7, 11) is 0. The second kappa shape index (κ2) is 6.76. The van der Waals surface area contributed by atoms with Gasteiger partial charge >= 0.3 is 5.97 Å². The number of esters is 1. The van der Waals surface area contributed by atoms with Gasteiger partial charge in [-0.05, 0) is 43.4 Å². The molecule has 136 valence electrons. The van der Waals surface area contributed by atoms with Crippen LogP contribution in [0.2, 0.25) is 5.02 Å². The lowest BCUT2D eigenvalue weighted by atomic mass is 9.98. The molecule has 1 amide bonds. The lowest BCUT2D eigenvalue weighted by Crippen LogP contribution is -2.41. The number of ether oxygens (including phenoxy) is 1. The molecule has 0 fully saturated rings. The summed E-state index contributed by atoms with van der Waals surface area (Å²) < 4.78 is 7.24. The fraction of sp³-hybridized carbons (Fsp3) is 0.421. The second-order valence-electron chi connectivity index (χ2n) is 6.69. The van der Waals surface area contributed by atoms with Crippen molar-refractivity contribution in [2.45, 2.75) is 45.8 Å². The second-order valence-corrected chi connectivity index (χ2v) is 7.09. The number of hydrogen-bond acceptors (Lipinski definition) is 4. The van der Waals surface area contributed by atoms with Crippen molar-refractivity contribution in [3.05, 3.63) is 46.0 Å². The van der Waals surface area contributed by atoms with Gasteiger partial charge in [-0.2, -0.15) is 0 Å². The van der Waals surface area contributed by atoms with Crippen LogP contribution < -0.4 is 4.90 Å². The smallest absolute Gasteiger partial charge is 0.303 e. The topological polar surface area (TPSA) is 64.4 Å². The summed E-state index contributed by atoms with van der Waals surface area (Å²) in [4.78, 5) is 30.3. The van der Waals surface area contributed by atoms with Gasteiger partial charge in [-0.25, -0.2) is 0 Å². The number of aromatic nitrogens is 2. The molecule has 0 atom stereocenters. The maximum atomic E-state index is 13.2. The minimum atomic E-state index is -0.399. The number of rotatable bonds is 3. The maximum absolute atomic E-state index is 13.2. The van der Waals surface area contributed by atoms with E-state index in [0.717, 1.165) is 19.4 Å². The highest BCUT2D eigenvalue weighted by molar-refractivity contribution is 6.34. The molecule has 6 nitrogen and oxygen atoms in total. The Kier molecular flexibility index (Phi) is 4.44. The Balaban J connectivity index is 1.71. The predicted octanol–water partition coefficient (Wildman–Crippen LogP) is 3.14. The molecule has 0 radical (unpaired) electrons. The number of carbonyl (C=O) groups excluding carboxylic acids is 2. The van der Waals surface area contributed by atoms with E-state index in [9.17, 15) is 9.59 Å². The summed E-state index contributed by atoms with van der Waals surface area (Å²) in [6.07, 6.45) is 5.98. The van der Waals surface area contributed by atoms with E-state index in [1.807, 2.05) is 6.07 Å². The zero-order valence-electron chi connectivity index (χ0n) is 14.6. The van der Waals surface area contributed by atoms with Gasteiger partial charge in [-0.3, -0.25) is 14.6 Å². The van der Waals surface area contributed by atoms with Crippen LogP contribution in [0.4, 0.5) is 5.69 Å². The van der Waals surface area contributed by atoms with E-state index in [-0.39, 0.29) is 12.5 Å². The van der Waals surface area contributed by atoms with Crippen molar-refractivity contribution in [2.75, 3.05) is 11.4 Å². The van der Waals surface area contributed by atoms with Crippen molar-refractivity contribution < 1.29 is 14.3 Å². The molecule has 0 aromatic carbocycles. The Morgan fingerprint density at radius 3 is 2.92 bits per heavy atom. The van der Waals surface area contributed by atoms with Gasteiger partial charge in [-0.1, -0.05) is 11.6 Å². The number of nitrogens with zero attached hydrogens (tertiary/aromatic N) is 3. The summed E-state index contributed by atoms with van der Waals surface area (Å²) in [6.45, 7) is 2.58. The third-order valence-corrected chi connectivity index (χ3v) is 5.36. The van der Waals surface area contributed by atoms with E-state index in [2.05, 4.69) is 9.55 Å². The number of anilines is 1. The molecule has 0 saturated heterocycles. The van der Waals surface area contributed by atoms with Gasteiger partial charge in [0.05, 0.1) is 10.7 Å². The lowest BCUT2D eigenvalue weighted by molar-refractivity contribution is -0.142. The van der Waals surface area contributed by atoms with Crippen molar-refractivity contribution in [2.24, 2.45) is 0 Å². The molecule has 0 spiro atoms. The normalized spacial score (nSPS) is 16.2. The van der Waals surface area contributed by atoms with Crippen LogP contribution in [0, 0.1) is 0 Å². The van der Waals surface area contributed by atoms with Gasteiger partial charge in [0.15, 0.2) is 0 Å². The van der Waals surface area contributed by atoms with Crippen LogP contribution in [0.25, 0.3) is 0 Å². The standard InChI is InChI=1S/C19H20ClN3O3/c1-12(24)26-11-15-18(14(20)6-7-21-15)23-9-8-22-16-5-3-2-4-13(16)10-17(22)19(23)25/h6-7,10H,2-5,8-9,11H2,1H3. The number of aryl methyl sites for hydroxylation is 1. The van der Waals surface area contributed by atoms with Crippen LogP contribution >= 0.6 is 11.6 Å². The molecule has 4 rings (SSSR count). The first-order valence-electron chi connectivity index (χ1n) is 8.86. The fourth-order valence-electron chi connectivity index (χ4n) is 3.88. The van der Waals surface area contributed by atoms with Crippen LogP contribution in [0.3, 0.4) is 0 Å². The van der Waals surface area contributed by atoms with Crippen LogP contribution in [0.5, 0.6) is 0 Å².